The summed E-state index contributed by atoms with van der Waals surface area (Å²) in [5.74, 6) is 1.58. The molecule has 1 aliphatic heterocycles. The Hall–Kier alpha value is -0.610. The van der Waals surface area contributed by atoms with Crippen molar-refractivity contribution in [2.24, 2.45) is 5.92 Å². The predicted molar refractivity (Wildman–Crippen MR) is 50.7 cm³/mol. The van der Waals surface area contributed by atoms with Crippen molar-refractivity contribution in [3.05, 3.63) is 11.1 Å². The molecule has 13 heavy (non-hydrogen) atoms. The normalized spacial score (nSPS) is 23.3. The lowest BCUT2D eigenvalue weighted by Crippen LogP contribution is -2.31. The number of hydrogen-bond donors (Lipinski definition) is 2. The largest absolute Gasteiger partial charge is 0.316 e. The lowest BCUT2D eigenvalue weighted by atomic mass is 9.96. The highest BCUT2D eigenvalue weighted by Gasteiger charge is 2.15. The van der Waals surface area contributed by atoms with Crippen molar-refractivity contribution in [1.29, 1.82) is 0 Å². The molecule has 0 aliphatic carbocycles. The molecule has 1 unspecified atom stereocenters. The summed E-state index contributed by atoms with van der Waals surface area (Å²) in [4.78, 5) is 4.08. The van der Waals surface area contributed by atoms with Crippen LogP contribution in [0.5, 0.6) is 0 Å². The van der Waals surface area contributed by atoms with E-state index in [0.29, 0.717) is 11.2 Å². The first-order valence-corrected chi connectivity index (χ1v) is 5.00. The Balaban J connectivity index is 1.89. The summed E-state index contributed by atoms with van der Waals surface area (Å²) in [6.07, 6.45) is 3.48. The van der Waals surface area contributed by atoms with Gasteiger partial charge in [-0.2, -0.15) is 0 Å². The lowest BCUT2D eigenvalue weighted by molar-refractivity contribution is 0.371. The van der Waals surface area contributed by atoms with Crippen molar-refractivity contribution in [3.63, 3.8) is 0 Å². The van der Waals surface area contributed by atoms with Crippen molar-refractivity contribution < 1.29 is 0 Å². The van der Waals surface area contributed by atoms with Gasteiger partial charge in [0.25, 0.3) is 0 Å². The highest BCUT2D eigenvalue weighted by molar-refractivity contribution is 6.28. The molecule has 5 heteroatoms. The molecule has 4 nitrogen and oxygen atoms in total. The molecule has 1 aromatic heterocycles. The summed E-state index contributed by atoms with van der Waals surface area (Å²) in [7, 11) is 0. The third kappa shape index (κ3) is 2.42. The summed E-state index contributed by atoms with van der Waals surface area (Å²) in [5.41, 5.74) is 0. The molecular weight excluding hydrogens is 188 g/mol. The number of halogens is 1. The van der Waals surface area contributed by atoms with Crippen molar-refractivity contribution >= 4 is 11.6 Å². The number of nitrogens with zero attached hydrogens (tertiary/aromatic N) is 2. The molecular formula is C8H13ClN4. The topological polar surface area (TPSA) is 53.6 Å². The van der Waals surface area contributed by atoms with E-state index in [1.165, 1.54) is 12.8 Å². The molecule has 1 atom stereocenters. The van der Waals surface area contributed by atoms with E-state index in [0.717, 1.165) is 25.3 Å². The molecule has 1 saturated heterocycles. The van der Waals surface area contributed by atoms with Crippen LogP contribution < -0.4 is 5.32 Å². The quantitative estimate of drug-likeness (QED) is 0.749. The first kappa shape index (κ1) is 8.97. The molecule has 72 valence electrons. The smallest absolute Gasteiger partial charge is 0.242 e. The van der Waals surface area contributed by atoms with Gasteiger partial charge in [-0.25, -0.2) is 4.98 Å². The van der Waals surface area contributed by atoms with Gasteiger partial charge in [0.2, 0.25) is 5.28 Å². The summed E-state index contributed by atoms with van der Waals surface area (Å²) in [5, 5.41) is 10.3. The number of piperidine rings is 1. The summed E-state index contributed by atoms with van der Waals surface area (Å²) in [6, 6.07) is 0. The van der Waals surface area contributed by atoms with Crippen LogP contribution in [0.2, 0.25) is 5.28 Å². The van der Waals surface area contributed by atoms with Gasteiger partial charge < -0.3 is 5.32 Å². The zero-order chi connectivity index (χ0) is 9.10. The number of hydrogen-bond acceptors (Lipinski definition) is 3. The SMILES string of the molecule is Clc1n[nH]c(CC2CCCNC2)n1. The van der Waals surface area contributed by atoms with Crippen LogP contribution >= 0.6 is 11.6 Å². The Bertz CT molecular complexity index is 267. The molecule has 2 rings (SSSR count). The van der Waals surface area contributed by atoms with Crippen molar-refractivity contribution in [2.75, 3.05) is 13.1 Å². The van der Waals surface area contributed by atoms with E-state index in [-0.39, 0.29) is 0 Å². The second-order valence-electron chi connectivity index (χ2n) is 3.47. The molecule has 0 aromatic carbocycles. The third-order valence-electron chi connectivity index (χ3n) is 2.39. The minimum Gasteiger partial charge on any atom is -0.316 e. The van der Waals surface area contributed by atoms with Gasteiger partial charge in [-0.05, 0) is 43.5 Å². The third-order valence-corrected chi connectivity index (χ3v) is 2.55. The molecule has 1 fully saturated rings. The Morgan fingerprint density at radius 2 is 2.46 bits per heavy atom. The van der Waals surface area contributed by atoms with Gasteiger partial charge >= 0.3 is 0 Å². The minimum absolute atomic E-state index is 0.318. The molecule has 0 bridgehead atoms. The van der Waals surface area contributed by atoms with E-state index in [4.69, 9.17) is 11.6 Å². The van der Waals surface area contributed by atoms with E-state index in [1.807, 2.05) is 0 Å². The first-order chi connectivity index (χ1) is 6.34. The fourth-order valence-electron chi connectivity index (χ4n) is 1.73. The van der Waals surface area contributed by atoms with Crippen LogP contribution in [0.1, 0.15) is 18.7 Å². The average molecular weight is 201 g/mol. The van der Waals surface area contributed by atoms with Crippen LogP contribution in [0.15, 0.2) is 0 Å². The molecule has 0 saturated carbocycles. The Labute approximate surface area is 82.1 Å². The standard InChI is InChI=1S/C8H13ClN4/c9-8-11-7(12-13-8)4-6-2-1-3-10-5-6/h6,10H,1-5H2,(H,11,12,13). The Morgan fingerprint density at radius 3 is 3.08 bits per heavy atom. The summed E-state index contributed by atoms with van der Waals surface area (Å²) >= 11 is 5.61. The van der Waals surface area contributed by atoms with Gasteiger partial charge in [0.15, 0.2) is 0 Å². The summed E-state index contributed by atoms with van der Waals surface area (Å²) in [6.45, 7) is 2.23. The fourth-order valence-corrected chi connectivity index (χ4v) is 1.88. The van der Waals surface area contributed by atoms with Crippen LogP contribution in [0.3, 0.4) is 0 Å². The monoisotopic (exact) mass is 200 g/mol. The molecule has 0 radical (unpaired) electrons. The molecule has 0 spiro atoms. The van der Waals surface area contributed by atoms with Crippen molar-refractivity contribution in [3.8, 4) is 0 Å². The second kappa shape index (κ2) is 4.07. The Kier molecular flexibility index (Phi) is 2.80. The highest BCUT2D eigenvalue weighted by Crippen LogP contribution is 2.14. The zero-order valence-corrected chi connectivity index (χ0v) is 8.14. The van der Waals surface area contributed by atoms with Crippen molar-refractivity contribution in [1.82, 2.24) is 20.5 Å². The van der Waals surface area contributed by atoms with Gasteiger partial charge in [-0.1, -0.05) is 0 Å². The average Bonchev–Trinajstić information content (AvgIpc) is 2.53. The van der Waals surface area contributed by atoms with Gasteiger partial charge in [-0.3, -0.25) is 5.10 Å². The summed E-state index contributed by atoms with van der Waals surface area (Å²) < 4.78 is 0. The minimum atomic E-state index is 0.318. The number of aromatic nitrogens is 3. The van der Waals surface area contributed by atoms with Gasteiger partial charge in [0, 0.05) is 6.42 Å². The molecule has 0 amide bonds. The van der Waals surface area contributed by atoms with E-state index >= 15 is 0 Å². The van der Waals surface area contributed by atoms with Crippen LogP contribution in [0, 0.1) is 5.92 Å². The molecule has 1 aliphatic rings. The maximum absolute atomic E-state index is 5.61. The van der Waals surface area contributed by atoms with E-state index < -0.39 is 0 Å². The maximum Gasteiger partial charge on any atom is 0.242 e. The maximum atomic E-state index is 5.61. The molecule has 1 aromatic rings. The van der Waals surface area contributed by atoms with E-state index in [9.17, 15) is 0 Å². The number of aromatic amines is 1. The lowest BCUT2D eigenvalue weighted by Gasteiger charge is -2.21. The zero-order valence-electron chi connectivity index (χ0n) is 7.39. The number of nitrogens with one attached hydrogen (secondary N) is 2. The fraction of sp³-hybridized carbons (Fsp3) is 0.750. The van der Waals surface area contributed by atoms with Crippen LogP contribution in [0.4, 0.5) is 0 Å². The second-order valence-corrected chi connectivity index (χ2v) is 3.81. The van der Waals surface area contributed by atoms with Crippen molar-refractivity contribution in [2.45, 2.75) is 19.3 Å². The van der Waals surface area contributed by atoms with Crippen LogP contribution in [-0.2, 0) is 6.42 Å². The highest BCUT2D eigenvalue weighted by atomic mass is 35.5. The molecule has 2 heterocycles. The molecule has 2 N–H and O–H groups in total. The number of rotatable bonds is 2. The first-order valence-electron chi connectivity index (χ1n) is 4.62. The Morgan fingerprint density at radius 1 is 1.54 bits per heavy atom. The van der Waals surface area contributed by atoms with Gasteiger partial charge in [0.1, 0.15) is 5.82 Å². The van der Waals surface area contributed by atoms with Crippen LogP contribution in [-0.4, -0.2) is 28.3 Å². The van der Waals surface area contributed by atoms with Gasteiger partial charge in [-0.15, -0.1) is 5.10 Å². The number of H-pyrrole nitrogens is 1. The van der Waals surface area contributed by atoms with E-state index in [1.54, 1.807) is 0 Å². The van der Waals surface area contributed by atoms with E-state index in [2.05, 4.69) is 20.5 Å². The van der Waals surface area contributed by atoms with Gasteiger partial charge in [0.05, 0.1) is 0 Å². The van der Waals surface area contributed by atoms with Crippen LogP contribution in [0.25, 0.3) is 0 Å². The predicted octanol–water partition coefficient (Wildman–Crippen LogP) is 1.00.